The van der Waals surface area contributed by atoms with Crippen molar-refractivity contribution in [2.24, 2.45) is 0 Å². The molecule has 0 unspecified atom stereocenters. The van der Waals surface area contributed by atoms with Crippen molar-refractivity contribution in [1.82, 2.24) is 0 Å². The van der Waals surface area contributed by atoms with Gasteiger partial charge in [0.1, 0.15) is 5.75 Å². The molecule has 22 heavy (non-hydrogen) atoms. The Morgan fingerprint density at radius 1 is 1.09 bits per heavy atom. The number of hydrogen-bond acceptors (Lipinski definition) is 4. The van der Waals surface area contributed by atoms with E-state index in [2.05, 4.69) is 15.9 Å². The van der Waals surface area contributed by atoms with Gasteiger partial charge in [-0.2, -0.15) is 0 Å². The lowest BCUT2D eigenvalue weighted by Crippen LogP contribution is -2.27. The highest BCUT2D eigenvalue weighted by molar-refractivity contribution is 9.10. The number of carbonyl (C=O) groups is 2. The fraction of sp³-hybridized carbons (Fsp3) is 0. The molecule has 0 atom stereocenters. The topological polar surface area (TPSA) is 57.6 Å². The molecule has 1 aliphatic heterocycles. The highest BCUT2D eigenvalue weighted by atomic mass is 79.9. The standard InChI is InChI=1S/C16H10BrNO3S/c17-11-6-7-13(19)10(8-11)9-14-15(20)18(16(21)22-14)12-4-2-1-3-5-12/h1-9,19H/b14-9+. The monoisotopic (exact) mass is 375 g/mol. The maximum atomic E-state index is 12.4. The molecule has 0 saturated carbocycles. The van der Waals surface area contributed by atoms with Gasteiger partial charge >= 0.3 is 0 Å². The molecule has 1 N–H and O–H groups in total. The molecule has 1 heterocycles. The Morgan fingerprint density at radius 3 is 2.55 bits per heavy atom. The maximum Gasteiger partial charge on any atom is 0.298 e. The summed E-state index contributed by atoms with van der Waals surface area (Å²) < 4.78 is 0.777. The molecule has 3 rings (SSSR count). The van der Waals surface area contributed by atoms with Crippen LogP contribution in [0.2, 0.25) is 0 Å². The Bertz CT molecular complexity index is 789. The van der Waals surface area contributed by atoms with Crippen LogP contribution in [0, 0.1) is 0 Å². The second-order valence-electron chi connectivity index (χ2n) is 4.56. The molecule has 0 bridgehead atoms. The van der Waals surface area contributed by atoms with Gasteiger partial charge in [-0.3, -0.25) is 9.59 Å². The zero-order valence-electron chi connectivity index (χ0n) is 11.2. The van der Waals surface area contributed by atoms with Gasteiger partial charge in [0.15, 0.2) is 0 Å². The highest BCUT2D eigenvalue weighted by Crippen LogP contribution is 2.37. The predicted molar refractivity (Wildman–Crippen MR) is 90.7 cm³/mol. The number of carbonyl (C=O) groups excluding carboxylic acids is 2. The zero-order chi connectivity index (χ0) is 15.7. The third-order valence-electron chi connectivity index (χ3n) is 3.08. The minimum Gasteiger partial charge on any atom is -0.507 e. The lowest BCUT2D eigenvalue weighted by molar-refractivity contribution is -0.113. The molecular weight excluding hydrogens is 366 g/mol. The summed E-state index contributed by atoms with van der Waals surface area (Å²) in [6.45, 7) is 0. The molecular formula is C16H10BrNO3S. The molecule has 0 radical (unpaired) electrons. The van der Waals surface area contributed by atoms with E-state index in [9.17, 15) is 14.7 Å². The van der Waals surface area contributed by atoms with Crippen molar-refractivity contribution < 1.29 is 14.7 Å². The Morgan fingerprint density at radius 2 is 1.82 bits per heavy atom. The van der Waals surface area contributed by atoms with Gasteiger partial charge in [-0.1, -0.05) is 34.1 Å². The molecule has 1 aliphatic rings. The summed E-state index contributed by atoms with van der Waals surface area (Å²) in [4.78, 5) is 25.9. The number of halogens is 1. The van der Waals surface area contributed by atoms with Crippen LogP contribution >= 0.6 is 27.7 Å². The molecule has 2 amide bonds. The van der Waals surface area contributed by atoms with Crippen LogP contribution in [0.15, 0.2) is 57.9 Å². The molecule has 110 valence electrons. The second-order valence-corrected chi connectivity index (χ2v) is 6.46. The van der Waals surface area contributed by atoms with Gasteiger partial charge in [0.25, 0.3) is 11.1 Å². The number of amides is 2. The van der Waals surface area contributed by atoms with Gasteiger partial charge in [0, 0.05) is 10.0 Å². The summed E-state index contributed by atoms with van der Waals surface area (Å²) in [6, 6.07) is 13.7. The molecule has 6 heteroatoms. The molecule has 0 spiro atoms. The third kappa shape index (κ3) is 2.80. The van der Waals surface area contributed by atoms with Crippen LogP contribution in [0.1, 0.15) is 5.56 Å². The third-order valence-corrected chi connectivity index (χ3v) is 4.45. The van der Waals surface area contributed by atoms with Gasteiger partial charge in [0.2, 0.25) is 0 Å². The van der Waals surface area contributed by atoms with E-state index in [0.29, 0.717) is 11.3 Å². The SMILES string of the molecule is O=C1S/C(=C/c2cc(Br)ccc2O)C(=O)N1c1ccccc1. The Hall–Kier alpha value is -2.05. The molecule has 2 aromatic rings. The van der Waals surface area contributed by atoms with E-state index in [-0.39, 0.29) is 21.8 Å². The largest absolute Gasteiger partial charge is 0.507 e. The summed E-state index contributed by atoms with van der Waals surface area (Å²) in [5.74, 6) is -0.338. The normalized spacial score (nSPS) is 16.6. The van der Waals surface area contributed by atoms with E-state index < -0.39 is 0 Å². The smallest absolute Gasteiger partial charge is 0.298 e. The van der Waals surface area contributed by atoms with Crippen molar-refractivity contribution >= 4 is 50.6 Å². The second kappa shape index (κ2) is 5.98. The van der Waals surface area contributed by atoms with Crippen LogP contribution < -0.4 is 4.90 Å². The molecule has 1 saturated heterocycles. The highest BCUT2D eigenvalue weighted by Gasteiger charge is 2.36. The zero-order valence-corrected chi connectivity index (χ0v) is 13.6. The summed E-state index contributed by atoms with van der Waals surface area (Å²) in [5, 5.41) is 9.50. The van der Waals surface area contributed by atoms with Crippen LogP contribution in [0.25, 0.3) is 6.08 Å². The van der Waals surface area contributed by atoms with E-state index in [1.807, 2.05) is 6.07 Å². The lowest BCUT2D eigenvalue weighted by Gasteiger charge is -2.11. The number of phenols is 1. The number of aromatic hydroxyl groups is 1. The Kier molecular flexibility index (Phi) is 4.04. The Labute approximate surface area is 139 Å². The van der Waals surface area contributed by atoms with Gasteiger partial charge < -0.3 is 5.11 Å². The number of para-hydroxylation sites is 1. The van der Waals surface area contributed by atoms with Crippen LogP contribution in [-0.4, -0.2) is 16.3 Å². The van der Waals surface area contributed by atoms with Crippen LogP contribution in [-0.2, 0) is 4.79 Å². The maximum absolute atomic E-state index is 12.4. The first-order chi connectivity index (χ1) is 10.6. The van der Waals surface area contributed by atoms with Gasteiger partial charge in [-0.05, 0) is 48.2 Å². The number of imide groups is 1. The number of rotatable bonds is 2. The molecule has 2 aromatic carbocycles. The van der Waals surface area contributed by atoms with Gasteiger partial charge in [-0.25, -0.2) is 4.90 Å². The van der Waals surface area contributed by atoms with Crippen LogP contribution in [0.4, 0.5) is 10.5 Å². The van der Waals surface area contributed by atoms with E-state index in [0.717, 1.165) is 21.1 Å². The van der Waals surface area contributed by atoms with Gasteiger partial charge in [0.05, 0.1) is 10.6 Å². The van der Waals surface area contributed by atoms with Crippen molar-refractivity contribution in [3.05, 3.63) is 63.5 Å². The number of anilines is 1. The molecule has 0 aliphatic carbocycles. The first-order valence-electron chi connectivity index (χ1n) is 6.38. The average molecular weight is 376 g/mol. The predicted octanol–water partition coefficient (Wildman–Crippen LogP) is 4.40. The summed E-state index contributed by atoms with van der Waals surface area (Å²) in [6.07, 6.45) is 1.52. The first-order valence-corrected chi connectivity index (χ1v) is 7.99. The number of nitrogens with zero attached hydrogens (tertiary/aromatic N) is 1. The number of benzene rings is 2. The Balaban J connectivity index is 1.97. The summed E-state index contributed by atoms with van der Waals surface area (Å²) in [7, 11) is 0. The fourth-order valence-electron chi connectivity index (χ4n) is 2.05. The number of thioether (sulfide) groups is 1. The molecule has 1 fully saturated rings. The number of hydrogen-bond donors (Lipinski definition) is 1. The fourth-order valence-corrected chi connectivity index (χ4v) is 3.26. The van der Waals surface area contributed by atoms with Crippen LogP contribution in [0.3, 0.4) is 0 Å². The lowest BCUT2D eigenvalue weighted by atomic mass is 10.2. The minimum absolute atomic E-state index is 0.0507. The molecule has 4 nitrogen and oxygen atoms in total. The van der Waals surface area contributed by atoms with E-state index in [1.165, 1.54) is 12.1 Å². The summed E-state index contributed by atoms with van der Waals surface area (Å²) in [5.41, 5.74) is 1.01. The first kappa shape index (κ1) is 14.9. The van der Waals surface area contributed by atoms with Crippen LogP contribution in [0.5, 0.6) is 5.75 Å². The van der Waals surface area contributed by atoms with Crippen molar-refractivity contribution in [2.45, 2.75) is 0 Å². The van der Waals surface area contributed by atoms with Crippen molar-refractivity contribution in [1.29, 1.82) is 0 Å². The van der Waals surface area contributed by atoms with Crippen molar-refractivity contribution in [3.63, 3.8) is 0 Å². The van der Waals surface area contributed by atoms with E-state index in [4.69, 9.17) is 0 Å². The minimum atomic E-state index is -0.388. The van der Waals surface area contributed by atoms with E-state index in [1.54, 1.807) is 36.4 Å². The quantitative estimate of drug-likeness (QED) is 0.790. The van der Waals surface area contributed by atoms with Gasteiger partial charge in [-0.15, -0.1) is 0 Å². The number of phenolic OH excluding ortho intramolecular Hbond substituents is 1. The van der Waals surface area contributed by atoms with Crippen molar-refractivity contribution in [2.75, 3.05) is 4.90 Å². The van der Waals surface area contributed by atoms with Crippen molar-refractivity contribution in [3.8, 4) is 5.75 Å². The average Bonchev–Trinajstić information content (AvgIpc) is 2.78. The molecule has 0 aromatic heterocycles. The summed E-state index contributed by atoms with van der Waals surface area (Å²) >= 11 is 4.17. The van der Waals surface area contributed by atoms with E-state index >= 15 is 0 Å².